The van der Waals surface area contributed by atoms with Crippen LogP contribution in [0.1, 0.15) is 28.8 Å². The van der Waals surface area contributed by atoms with Crippen molar-refractivity contribution in [2.24, 2.45) is 0 Å². The second-order valence-electron chi connectivity index (χ2n) is 7.36. The Kier molecular flexibility index (Phi) is 5.97. The van der Waals surface area contributed by atoms with Crippen LogP contribution in [0, 0.1) is 0 Å². The summed E-state index contributed by atoms with van der Waals surface area (Å²) in [5.74, 6) is 1.20. The molecule has 1 spiro atoms. The summed E-state index contributed by atoms with van der Waals surface area (Å²) in [6.45, 7) is 3.58. The molecule has 1 N–H and O–H groups in total. The molecule has 1 amide bonds. The first-order valence-corrected chi connectivity index (χ1v) is 10.1. The Morgan fingerprint density at radius 2 is 2.00 bits per heavy atom. The predicted molar refractivity (Wildman–Crippen MR) is 109 cm³/mol. The van der Waals surface area contributed by atoms with Gasteiger partial charge >= 0.3 is 0 Å². The van der Waals surface area contributed by atoms with E-state index in [0.717, 1.165) is 49.5 Å². The number of nitrogens with zero attached hydrogens (tertiary/aromatic N) is 2. The number of hydrogen-bond donors (Lipinski definition) is 1. The molecule has 0 unspecified atom stereocenters. The molecule has 1 aromatic heterocycles. The van der Waals surface area contributed by atoms with E-state index in [1.165, 1.54) is 0 Å². The van der Waals surface area contributed by atoms with Gasteiger partial charge < -0.3 is 24.4 Å². The quantitative estimate of drug-likeness (QED) is 0.807. The number of benzene rings is 1. The van der Waals surface area contributed by atoms with Crippen molar-refractivity contribution in [2.75, 3.05) is 44.9 Å². The summed E-state index contributed by atoms with van der Waals surface area (Å²) < 4.78 is 16.8. The second kappa shape index (κ2) is 8.80. The molecule has 2 saturated heterocycles. The van der Waals surface area contributed by atoms with E-state index in [4.69, 9.17) is 14.2 Å². The zero-order valence-electron chi connectivity index (χ0n) is 16.7. The zero-order chi connectivity index (χ0) is 20.1. The van der Waals surface area contributed by atoms with Gasteiger partial charge in [0.1, 0.15) is 11.6 Å². The Morgan fingerprint density at radius 1 is 1.21 bits per heavy atom. The summed E-state index contributed by atoms with van der Waals surface area (Å²) in [4.78, 5) is 19.1. The van der Waals surface area contributed by atoms with Gasteiger partial charge in [0.2, 0.25) is 0 Å². The molecule has 7 nitrogen and oxygen atoms in total. The Hall–Kier alpha value is -2.64. The van der Waals surface area contributed by atoms with Crippen LogP contribution in [-0.4, -0.2) is 56.6 Å². The van der Waals surface area contributed by atoms with Crippen molar-refractivity contribution < 1.29 is 19.0 Å². The van der Waals surface area contributed by atoms with Gasteiger partial charge in [0.25, 0.3) is 5.91 Å². The van der Waals surface area contributed by atoms with Crippen LogP contribution in [0.2, 0.25) is 0 Å². The van der Waals surface area contributed by atoms with Crippen molar-refractivity contribution in [3.63, 3.8) is 0 Å². The van der Waals surface area contributed by atoms with Gasteiger partial charge in [-0.05, 0) is 36.2 Å². The molecule has 0 radical (unpaired) electrons. The van der Waals surface area contributed by atoms with Crippen LogP contribution in [0.25, 0.3) is 0 Å². The van der Waals surface area contributed by atoms with Crippen molar-refractivity contribution in [3.05, 3.63) is 53.7 Å². The molecule has 2 aliphatic rings. The molecule has 2 aromatic rings. The molecule has 154 valence electrons. The minimum atomic E-state index is -0.390. The minimum absolute atomic E-state index is 0.114. The van der Waals surface area contributed by atoms with Crippen LogP contribution in [0.3, 0.4) is 0 Å². The monoisotopic (exact) mass is 397 g/mol. The van der Waals surface area contributed by atoms with Gasteiger partial charge in [0, 0.05) is 38.7 Å². The number of pyridine rings is 1. The van der Waals surface area contributed by atoms with Gasteiger partial charge in [0.05, 0.1) is 25.9 Å². The first-order chi connectivity index (χ1) is 14.2. The third kappa shape index (κ3) is 4.68. The standard InChI is InChI=1S/C22H27N3O4/c1-27-19-4-2-3-17(15-19)7-10-23-21(26)18-5-6-20(24-16-18)25-11-8-22(9-12-25)28-13-14-29-22/h2-6,15-16H,7-14H2,1H3,(H,23,26). The van der Waals surface area contributed by atoms with Crippen LogP contribution in [0.4, 0.5) is 5.82 Å². The minimum Gasteiger partial charge on any atom is -0.497 e. The van der Waals surface area contributed by atoms with Crippen LogP contribution in [-0.2, 0) is 15.9 Å². The number of rotatable bonds is 6. The fraction of sp³-hybridized carbons (Fsp3) is 0.455. The van der Waals surface area contributed by atoms with Crippen molar-refractivity contribution >= 4 is 11.7 Å². The maximum absolute atomic E-state index is 12.4. The predicted octanol–water partition coefficient (Wildman–Crippen LogP) is 2.41. The maximum Gasteiger partial charge on any atom is 0.252 e. The van der Waals surface area contributed by atoms with Gasteiger partial charge in [-0.2, -0.15) is 0 Å². The van der Waals surface area contributed by atoms with Crippen molar-refractivity contribution in [3.8, 4) is 5.75 Å². The van der Waals surface area contributed by atoms with Crippen LogP contribution in [0.5, 0.6) is 5.75 Å². The summed E-state index contributed by atoms with van der Waals surface area (Å²) in [6.07, 6.45) is 4.06. The summed E-state index contributed by atoms with van der Waals surface area (Å²) in [5.41, 5.74) is 1.69. The van der Waals surface area contributed by atoms with Crippen LogP contribution >= 0.6 is 0 Å². The summed E-state index contributed by atoms with van der Waals surface area (Å²) in [6, 6.07) is 11.6. The number of amides is 1. The number of anilines is 1. The van der Waals surface area contributed by atoms with Crippen LogP contribution < -0.4 is 15.0 Å². The molecule has 0 saturated carbocycles. The molecule has 0 aliphatic carbocycles. The fourth-order valence-electron chi connectivity index (χ4n) is 3.82. The van der Waals surface area contributed by atoms with E-state index in [1.54, 1.807) is 13.3 Å². The molecule has 2 aliphatic heterocycles. The highest BCUT2D eigenvalue weighted by Crippen LogP contribution is 2.32. The summed E-state index contributed by atoms with van der Waals surface area (Å²) >= 11 is 0. The van der Waals surface area contributed by atoms with Gasteiger partial charge in [-0.1, -0.05) is 12.1 Å². The molecule has 0 bridgehead atoms. The van der Waals surface area contributed by atoms with E-state index in [-0.39, 0.29) is 11.7 Å². The number of hydrogen-bond acceptors (Lipinski definition) is 6. The van der Waals surface area contributed by atoms with Gasteiger partial charge in [-0.3, -0.25) is 4.79 Å². The Bertz CT molecular complexity index is 824. The third-order valence-corrected chi connectivity index (χ3v) is 5.51. The van der Waals surface area contributed by atoms with E-state index >= 15 is 0 Å². The highest BCUT2D eigenvalue weighted by atomic mass is 16.7. The van der Waals surface area contributed by atoms with E-state index in [9.17, 15) is 4.79 Å². The second-order valence-corrected chi connectivity index (χ2v) is 7.36. The number of carbonyl (C=O) groups is 1. The third-order valence-electron chi connectivity index (χ3n) is 5.51. The summed E-state index contributed by atoms with van der Waals surface area (Å²) in [5, 5.41) is 2.95. The lowest BCUT2D eigenvalue weighted by Gasteiger charge is -2.38. The Labute approximate surface area is 171 Å². The van der Waals surface area contributed by atoms with Crippen molar-refractivity contribution in [1.82, 2.24) is 10.3 Å². The topological polar surface area (TPSA) is 72.9 Å². The number of nitrogens with one attached hydrogen (secondary N) is 1. The normalized spacial score (nSPS) is 18.0. The first-order valence-electron chi connectivity index (χ1n) is 10.1. The zero-order valence-corrected chi connectivity index (χ0v) is 16.7. The smallest absolute Gasteiger partial charge is 0.252 e. The van der Waals surface area contributed by atoms with Gasteiger partial charge in [-0.15, -0.1) is 0 Å². The maximum atomic E-state index is 12.4. The number of methoxy groups -OCH3 is 1. The van der Waals surface area contributed by atoms with Crippen molar-refractivity contribution in [1.29, 1.82) is 0 Å². The molecule has 3 heterocycles. The highest BCUT2D eigenvalue weighted by molar-refractivity contribution is 5.94. The molecular weight excluding hydrogens is 370 g/mol. The molecular formula is C22H27N3O4. The number of carbonyl (C=O) groups excluding carboxylic acids is 1. The SMILES string of the molecule is COc1cccc(CCNC(=O)c2ccc(N3CCC4(CC3)OCCO4)nc2)c1. The number of ether oxygens (including phenoxy) is 3. The molecule has 2 fully saturated rings. The fourth-order valence-corrected chi connectivity index (χ4v) is 3.82. The Balaban J connectivity index is 1.27. The summed E-state index contributed by atoms with van der Waals surface area (Å²) in [7, 11) is 1.65. The van der Waals surface area contributed by atoms with Gasteiger partial charge in [0.15, 0.2) is 5.79 Å². The lowest BCUT2D eigenvalue weighted by Crippen LogP contribution is -2.45. The molecule has 29 heavy (non-hydrogen) atoms. The van der Waals surface area contributed by atoms with E-state index < -0.39 is 0 Å². The lowest BCUT2D eigenvalue weighted by atomic mass is 10.0. The van der Waals surface area contributed by atoms with Crippen LogP contribution in [0.15, 0.2) is 42.6 Å². The van der Waals surface area contributed by atoms with E-state index in [1.807, 2.05) is 36.4 Å². The molecule has 7 heteroatoms. The lowest BCUT2D eigenvalue weighted by molar-refractivity contribution is -0.169. The van der Waals surface area contributed by atoms with Crippen molar-refractivity contribution in [2.45, 2.75) is 25.0 Å². The first kappa shape index (κ1) is 19.7. The number of aromatic nitrogens is 1. The largest absolute Gasteiger partial charge is 0.497 e. The van der Waals surface area contributed by atoms with E-state index in [0.29, 0.717) is 25.3 Å². The number of piperidine rings is 1. The van der Waals surface area contributed by atoms with E-state index in [2.05, 4.69) is 15.2 Å². The Morgan fingerprint density at radius 3 is 2.69 bits per heavy atom. The average molecular weight is 397 g/mol. The molecule has 4 rings (SSSR count). The average Bonchev–Trinajstić information content (AvgIpc) is 3.22. The molecule has 1 aromatic carbocycles. The highest BCUT2D eigenvalue weighted by Gasteiger charge is 2.39. The van der Waals surface area contributed by atoms with Gasteiger partial charge in [-0.25, -0.2) is 4.98 Å². The molecule has 0 atom stereocenters.